The summed E-state index contributed by atoms with van der Waals surface area (Å²) in [5.41, 5.74) is 2.26. The van der Waals surface area contributed by atoms with Gasteiger partial charge in [0.1, 0.15) is 5.75 Å². The van der Waals surface area contributed by atoms with Crippen molar-refractivity contribution in [3.63, 3.8) is 0 Å². The van der Waals surface area contributed by atoms with Gasteiger partial charge in [0.25, 0.3) is 0 Å². The van der Waals surface area contributed by atoms with Gasteiger partial charge in [0.05, 0.1) is 13.7 Å². The molecule has 0 saturated carbocycles. The van der Waals surface area contributed by atoms with Gasteiger partial charge in [0.15, 0.2) is 0 Å². The number of ether oxygens (including phenoxy) is 1. The van der Waals surface area contributed by atoms with Crippen LogP contribution in [0.4, 0.5) is 0 Å². The van der Waals surface area contributed by atoms with E-state index in [0.29, 0.717) is 24.4 Å². The molecule has 1 saturated heterocycles. The lowest BCUT2D eigenvalue weighted by molar-refractivity contribution is 0.224. The summed E-state index contributed by atoms with van der Waals surface area (Å²) in [5.74, 6) is 2.02. The van der Waals surface area contributed by atoms with Crippen LogP contribution in [0.1, 0.15) is 30.3 Å². The molecule has 0 amide bonds. The van der Waals surface area contributed by atoms with Crippen LogP contribution in [0.3, 0.4) is 0 Å². The standard InChI is InChI=1S/C20H21N3O2/c1-24-17-11-9-16(10-12-17)20-22-21-19(25-20)14-23-13-5-8-18(23)15-6-3-2-4-7-15/h2-4,6-7,9-12,18H,5,8,13-14H2,1H3. The SMILES string of the molecule is COc1ccc(-c2nnc(CN3CCCC3c3ccccc3)o2)cc1. The number of rotatable bonds is 5. The molecule has 0 N–H and O–H groups in total. The highest BCUT2D eigenvalue weighted by Gasteiger charge is 2.27. The topological polar surface area (TPSA) is 51.4 Å². The van der Waals surface area contributed by atoms with E-state index in [1.54, 1.807) is 7.11 Å². The Morgan fingerprint density at radius 2 is 1.88 bits per heavy atom. The lowest BCUT2D eigenvalue weighted by Gasteiger charge is -2.23. The number of aromatic nitrogens is 2. The molecule has 2 aromatic carbocycles. The first-order chi connectivity index (χ1) is 12.3. The third kappa shape index (κ3) is 3.42. The first-order valence-electron chi connectivity index (χ1n) is 8.59. The highest BCUT2D eigenvalue weighted by atomic mass is 16.5. The van der Waals surface area contributed by atoms with Crippen LogP contribution in [-0.2, 0) is 6.54 Å². The summed E-state index contributed by atoms with van der Waals surface area (Å²) < 4.78 is 11.1. The van der Waals surface area contributed by atoms with Gasteiger partial charge in [-0.15, -0.1) is 10.2 Å². The molecular weight excluding hydrogens is 314 g/mol. The van der Waals surface area contributed by atoms with Crippen molar-refractivity contribution in [2.24, 2.45) is 0 Å². The Hall–Kier alpha value is -2.66. The Bertz CT molecular complexity index is 814. The van der Waals surface area contributed by atoms with Crippen molar-refractivity contribution >= 4 is 0 Å². The van der Waals surface area contributed by atoms with Crippen molar-refractivity contribution in [2.45, 2.75) is 25.4 Å². The highest BCUT2D eigenvalue weighted by Crippen LogP contribution is 2.33. The molecule has 0 bridgehead atoms. The van der Waals surface area contributed by atoms with Gasteiger partial charge in [0, 0.05) is 11.6 Å². The van der Waals surface area contributed by atoms with Crippen LogP contribution < -0.4 is 4.74 Å². The zero-order chi connectivity index (χ0) is 17.1. The van der Waals surface area contributed by atoms with E-state index in [1.165, 1.54) is 18.4 Å². The van der Waals surface area contributed by atoms with Crippen LogP contribution in [0.15, 0.2) is 59.0 Å². The molecule has 0 spiro atoms. The predicted octanol–water partition coefficient (Wildman–Crippen LogP) is 4.08. The van der Waals surface area contributed by atoms with E-state index in [9.17, 15) is 0 Å². The van der Waals surface area contributed by atoms with Crippen LogP contribution in [0.25, 0.3) is 11.5 Å². The number of likely N-dealkylation sites (tertiary alicyclic amines) is 1. The minimum Gasteiger partial charge on any atom is -0.497 e. The first-order valence-corrected chi connectivity index (χ1v) is 8.59. The molecule has 5 nitrogen and oxygen atoms in total. The molecule has 1 aliphatic rings. The highest BCUT2D eigenvalue weighted by molar-refractivity contribution is 5.53. The van der Waals surface area contributed by atoms with Crippen LogP contribution in [-0.4, -0.2) is 28.8 Å². The van der Waals surface area contributed by atoms with E-state index in [-0.39, 0.29) is 0 Å². The van der Waals surface area contributed by atoms with Gasteiger partial charge in [-0.3, -0.25) is 4.90 Å². The van der Waals surface area contributed by atoms with Crippen molar-refractivity contribution in [3.8, 4) is 17.2 Å². The van der Waals surface area contributed by atoms with Gasteiger partial charge in [-0.05, 0) is 49.2 Å². The van der Waals surface area contributed by atoms with Crippen LogP contribution in [0, 0.1) is 0 Å². The summed E-state index contributed by atoms with van der Waals surface area (Å²) in [6.07, 6.45) is 2.36. The Morgan fingerprint density at radius 3 is 2.64 bits per heavy atom. The smallest absolute Gasteiger partial charge is 0.247 e. The molecule has 3 aromatic rings. The summed E-state index contributed by atoms with van der Waals surface area (Å²) >= 11 is 0. The number of hydrogen-bond acceptors (Lipinski definition) is 5. The molecule has 0 radical (unpaired) electrons. The van der Waals surface area contributed by atoms with E-state index in [4.69, 9.17) is 9.15 Å². The molecule has 4 rings (SSSR count). The normalized spacial score (nSPS) is 17.7. The zero-order valence-electron chi connectivity index (χ0n) is 14.3. The predicted molar refractivity (Wildman–Crippen MR) is 95.1 cm³/mol. The Balaban J connectivity index is 1.48. The Kier molecular flexibility index (Phi) is 4.48. The molecule has 25 heavy (non-hydrogen) atoms. The molecule has 1 atom stereocenters. The third-order valence-electron chi connectivity index (χ3n) is 4.69. The molecule has 0 aliphatic carbocycles. The minimum atomic E-state index is 0.428. The minimum absolute atomic E-state index is 0.428. The van der Waals surface area contributed by atoms with Crippen molar-refractivity contribution in [3.05, 3.63) is 66.1 Å². The lowest BCUT2D eigenvalue weighted by atomic mass is 10.0. The number of hydrogen-bond donors (Lipinski definition) is 0. The fraction of sp³-hybridized carbons (Fsp3) is 0.300. The first kappa shape index (κ1) is 15.8. The zero-order valence-corrected chi connectivity index (χ0v) is 14.3. The fourth-order valence-corrected chi connectivity index (χ4v) is 3.41. The van der Waals surface area contributed by atoms with E-state index < -0.39 is 0 Å². The van der Waals surface area contributed by atoms with Crippen molar-refractivity contribution in [1.82, 2.24) is 15.1 Å². The van der Waals surface area contributed by atoms with Crippen molar-refractivity contribution in [1.29, 1.82) is 0 Å². The summed E-state index contributed by atoms with van der Waals surface area (Å²) in [4.78, 5) is 2.42. The van der Waals surface area contributed by atoms with E-state index in [2.05, 4.69) is 45.4 Å². The van der Waals surface area contributed by atoms with Gasteiger partial charge in [-0.25, -0.2) is 0 Å². The Morgan fingerprint density at radius 1 is 1.08 bits per heavy atom. The lowest BCUT2D eigenvalue weighted by Crippen LogP contribution is -2.22. The van der Waals surface area contributed by atoms with E-state index in [0.717, 1.165) is 17.9 Å². The molecule has 1 aliphatic heterocycles. The summed E-state index contributed by atoms with van der Waals surface area (Å²) in [7, 11) is 1.65. The number of nitrogens with zero attached hydrogens (tertiary/aromatic N) is 3. The average Bonchev–Trinajstić information content (AvgIpc) is 3.33. The quantitative estimate of drug-likeness (QED) is 0.703. The molecule has 1 unspecified atom stereocenters. The van der Waals surface area contributed by atoms with Gasteiger partial charge in [-0.2, -0.15) is 0 Å². The maximum atomic E-state index is 5.88. The second-order valence-electron chi connectivity index (χ2n) is 6.27. The van der Waals surface area contributed by atoms with Gasteiger partial charge >= 0.3 is 0 Å². The number of methoxy groups -OCH3 is 1. The van der Waals surface area contributed by atoms with Crippen LogP contribution >= 0.6 is 0 Å². The monoisotopic (exact) mass is 335 g/mol. The average molecular weight is 335 g/mol. The summed E-state index contributed by atoms with van der Waals surface area (Å²) in [6.45, 7) is 1.74. The van der Waals surface area contributed by atoms with Gasteiger partial charge in [-0.1, -0.05) is 30.3 Å². The van der Waals surface area contributed by atoms with Crippen LogP contribution in [0.5, 0.6) is 5.75 Å². The van der Waals surface area contributed by atoms with Gasteiger partial charge < -0.3 is 9.15 Å². The molecule has 5 heteroatoms. The molecular formula is C20H21N3O2. The number of benzene rings is 2. The van der Waals surface area contributed by atoms with Crippen molar-refractivity contribution in [2.75, 3.05) is 13.7 Å². The molecule has 2 heterocycles. The van der Waals surface area contributed by atoms with E-state index >= 15 is 0 Å². The second-order valence-corrected chi connectivity index (χ2v) is 6.27. The molecule has 1 aromatic heterocycles. The van der Waals surface area contributed by atoms with Crippen molar-refractivity contribution < 1.29 is 9.15 Å². The summed E-state index contributed by atoms with van der Waals surface area (Å²) in [6, 6.07) is 18.7. The largest absolute Gasteiger partial charge is 0.497 e. The van der Waals surface area contributed by atoms with Crippen LogP contribution in [0.2, 0.25) is 0 Å². The van der Waals surface area contributed by atoms with Gasteiger partial charge in [0.2, 0.25) is 11.8 Å². The fourth-order valence-electron chi connectivity index (χ4n) is 3.41. The molecule has 1 fully saturated rings. The third-order valence-corrected chi connectivity index (χ3v) is 4.69. The molecule has 128 valence electrons. The maximum Gasteiger partial charge on any atom is 0.247 e. The second kappa shape index (κ2) is 7.07. The Labute approximate surface area is 147 Å². The summed E-state index contributed by atoms with van der Waals surface area (Å²) in [5, 5.41) is 8.43. The maximum absolute atomic E-state index is 5.88. The van der Waals surface area contributed by atoms with E-state index in [1.807, 2.05) is 24.3 Å².